The molecular weight excluding hydrogens is 505 g/mol. The summed E-state index contributed by atoms with van der Waals surface area (Å²) in [6.45, 7) is 4.04. The maximum absolute atomic E-state index is 13.3. The van der Waals surface area contributed by atoms with Crippen molar-refractivity contribution in [2.45, 2.75) is 38.3 Å². The van der Waals surface area contributed by atoms with Gasteiger partial charge >= 0.3 is 6.36 Å². The first-order valence-electron chi connectivity index (χ1n) is 12.3. The summed E-state index contributed by atoms with van der Waals surface area (Å²) in [6, 6.07) is 4.72. The zero-order chi connectivity index (χ0) is 26.9. The number of halogens is 3. The van der Waals surface area contributed by atoms with Crippen molar-refractivity contribution in [3.8, 4) is 17.0 Å². The summed E-state index contributed by atoms with van der Waals surface area (Å²) in [7, 11) is 0. The number of nitrogens with zero attached hydrogens (tertiary/aromatic N) is 5. The van der Waals surface area contributed by atoms with E-state index in [0.717, 1.165) is 12.8 Å². The highest BCUT2D eigenvalue weighted by Crippen LogP contribution is 2.32. The lowest BCUT2D eigenvalue weighted by molar-refractivity contribution is -0.274. The molecule has 2 aromatic heterocycles. The van der Waals surface area contributed by atoms with E-state index in [1.54, 1.807) is 39.7 Å². The van der Waals surface area contributed by atoms with E-state index in [4.69, 9.17) is 4.74 Å². The van der Waals surface area contributed by atoms with E-state index in [0.29, 0.717) is 55.5 Å². The summed E-state index contributed by atoms with van der Waals surface area (Å²) >= 11 is 0. The van der Waals surface area contributed by atoms with E-state index in [2.05, 4.69) is 20.0 Å². The predicted molar refractivity (Wildman–Crippen MR) is 130 cm³/mol. The average Bonchev–Trinajstić information content (AvgIpc) is 3.56. The number of anilines is 1. The molecule has 5 rings (SSSR count). The van der Waals surface area contributed by atoms with Gasteiger partial charge in [-0.05, 0) is 44.0 Å². The number of ether oxygens (including phenoxy) is 2. The van der Waals surface area contributed by atoms with Crippen LogP contribution in [0.4, 0.5) is 19.0 Å². The van der Waals surface area contributed by atoms with Gasteiger partial charge in [0.25, 0.3) is 5.91 Å². The van der Waals surface area contributed by atoms with Gasteiger partial charge in [-0.15, -0.1) is 13.2 Å². The third-order valence-corrected chi connectivity index (χ3v) is 6.62. The van der Waals surface area contributed by atoms with Crippen LogP contribution in [-0.2, 0) is 14.3 Å². The molecule has 2 amide bonds. The first-order chi connectivity index (χ1) is 18.2. The summed E-state index contributed by atoms with van der Waals surface area (Å²) in [5.74, 6) is -0.00343. The van der Waals surface area contributed by atoms with Crippen molar-refractivity contribution in [1.82, 2.24) is 24.2 Å². The molecule has 0 radical (unpaired) electrons. The number of imidazole rings is 1. The Morgan fingerprint density at radius 3 is 2.50 bits per heavy atom. The highest BCUT2D eigenvalue weighted by Gasteiger charge is 2.33. The molecule has 0 bridgehead atoms. The molecule has 2 unspecified atom stereocenters. The molecule has 4 heterocycles. The van der Waals surface area contributed by atoms with Crippen molar-refractivity contribution in [3.05, 3.63) is 42.9 Å². The Bertz CT molecular complexity index is 1300. The molecule has 1 aromatic carbocycles. The van der Waals surface area contributed by atoms with Crippen LogP contribution in [0.5, 0.6) is 5.75 Å². The Balaban J connectivity index is 1.30. The van der Waals surface area contributed by atoms with E-state index < -0.39 is 12.4 Å². The van der Waals surface area contributed by atoms with Gasteiger partial charge in [-0.3, -0.25) is 19.0 Å². The number of amides is 2. The largest absolute Gasteiger partial charge is 0.573 e. The normalized spacial score (nSPS) is 19.0. The monoisotopic (exact) mass is 532 g/mol. The lowest BCUT2D eigenvalue weighted by Crippen LogP contribution is -2.55. The number of aromatic nitrogens is 3. The minimum absolute atomic E-state index is 0.0172. The van der Waals surface area contributed by atoms with E-state index in [1.165, 1.54) is 24.3 Å². The molecular formula is C25H27F3N6O4. The number of rotatable bonds is 6. The molecule has 2 aliphatic rings. The van der Waals surface area contributed by atoms with Crippen LogP contribution < -0.4 is 10.1 Å². The van der Waals surface area contributed by atoms with Gasteiger partial charge < -0.3 is 24.6 Å². The fourth-order valence-corrected chi connectivity index (χ4v) is 4.72. The van der Waals surface area contributed by atoms with Gasteiger partial charge in [-0.1, -0.05) is 0 Å². The number of benzene rings is 1. The van der Waals surface area contributed by atoms with E-state index in [1.807, 2.05) is 0 Å². The van der Waals surface area contributed by atoms with Gasteiger partial charge in [-0.25, -0.2) is 4.98 Å². The minimum atomic E-state index is -4.79. The van der Waals surface area contributed by atoms with Crippen LogP contribution in [0.1, 0.15) is 19.8 Å². The number of fused-ring (bicyclic) bond motifs is 1. The van der Waals surface area contributed by atoms with E-state index >= 15 is 0 Å². The summed E-state index contributed by atoms with van der Waals surface area (Å²) in [6.07, 6.45) is 1.24. The number of alkyl halides is 3. The molecule has 38 heavy (non-hydrogen) atoms. The summed E-state index contributed by atoms with van der Waals surface area (Å²) < 4.78 is 48.9. The van der Waals surface area contributed by atoms with Crippen LogP contribution in [-0.4, -0.2) is 87.3 Å². The van der Waals surface area contributed by atoms with Crippen molar-refractivity contribution in [3.63, 3.8) is 0 Å². The van der Waals surface area contributed by atoms with Crippen LogP contribution in [0, 0.1) is 0 Å². The van der Waals surface area contributed by atoms with Crippen LogP contribution in [0.15, 0.2) is 42.9 Å². The minimum Gasteiger partial charge on any atom is -0.406 e. The maximum Gasteiger partial charge on any atom is 0.573 e. The highest BCUT2D eigenvalue weighted by molar-refractivity contribution is 5.87. The Morgan fingerprint density at radius 1 is 1.13 bits per heavy atom. The third kappa shape index (κ3) is 5.52. The maximum atomic E-state index is 13.3. The first kappa shape index (κ1) is 25.8. The Morgan fingerprint density at radius 2 is 1.84 bits per heavy atom. The number of carbonyl (C=O) groups excluding carboxylic acids is 2. The van der Waals surface area contributed by atoms with Crippen molar-refractivity contribution in [2.75, 3.05) is 38.1 Å². The van der Waals surface area contributed by atoms with E-state index in [9.17, 15) is 22.8 Å². The molecule has 1 N–H and O–H groups in total. The van der Waals surface area contributed by atoms with Gasteiger partial charge in [0.1, 0.15) is 29.4 Å². The lowest BCUT2D eigenvalue weighted by Gasteiger charge is -2.37. The molecule has 0 spiro atoms. The van der Waals surface area contributed by atoms with Gasteiger partial charge in [0.2, 0.25) is 5.91 Å². The van der Waals surface area contributed by atoms with Crippen molar-refractivity contribution >= 4 is 23.3 Å². The summed E-state index contributed by atoms with van der Waals surface area (Å²) in [5, 5.41) is 3.23. The number of carbonyl (C=O) groups is 2. The van der Waals surface area contributed by atoms with Crippen LogP contribution in [0.3, 0.4) is 0 Å². The molecule has 2 aliphatic heterocycles. The van der Waals surface area contributed by atoms with Gasteiger partial charge in [0, 0.05) is 50.7 Å². The Kier molecular flexibility index (Phi) is 7.11. The number of hydrogen-bond donors (Lipinski definition) is 1. The molecule has 3 aromatic rings. The first-order valence-corrected chi connectivity index (χ1v) is 12.3. The summed E-state index contributed by atoms with van der Waals surface area (Å²) in [5.41, 5.74) is 1.48. The molecule has 13 heteroatoms. The molecule has 2 saturated heterocycles. The quantitative estimate of drug-likeness (QED) is 0.521. The molecule has 2 fully saturated rings. The van der Waals surface area contributed by atoms with Gasteiger partial charge in [-0.2, -0.15) is 0 Å². The van der Waals surface area contributed by atoms with Crippen molar-refractivity contribution in [2.24, 2.45) is 0 Å². The topological polar surface area (TPSA) is 101 Å². The van der Waals surface area contributed by atoms with Crippen LogP contribution in [0.25, 0.3) is 16.9 Å². The zero-order valence-corrected chi connectivity index (χ0v) is 20.6. The molecule has 2 atom stereocenters. The standard InChI is InChI=1S/C25H27F3N6O4/c1-16(23(35)32-10-12-33(13-11-32)24(36)19-3-2-14-37-19)30-22-21(31-20-15-29-8-9-34(20)22)17-4-6-18(7-5-17)38-25(26,27)28/h4-9,15-16,19,30H,2-3,10-14H2,1H3. The van der Waals surface area contributed by atoms with Crippen molar-refractivity contribution in [1.29, 1.82) is 0 Å². The molecule has 10 nitrogen and oxygen atoms in total. The molecule has 202 valence electrons. The second kappa shape index (κ2) is 10.5. The molecule has 0 aliphatic carbocycles. The smallest absolute Gasteiger partial charge is 0.406 e. The average molecular weight is 533 g/mol. The Labute approximate surface area is 216 Å². The van der Waals surface area contributed by atoms with E-state index in [-0.39, 0.29) is 23.7 Å². The lowest BCUT2D eigenvalue weighted by atomic mass is 10.1. The number of piperazine rings is 1. The fourth-order valence-electron chi connectivity index (χ4n) is 4.72. The van der Waals surface area contributed by atoms with Gasteiger partial charge in [0.05, 0.1) is 6.20 Å². The van der Waals surface area contributed by atoms with Crippen LogP contribution >= 0.6 is 0 Å². The van der Waals surface area contributed by atoms with Crippen LogP contribution in [0.2, 0.25) is 0 Å². The number of hydrogen-bond acceptors (Lipinski definition) is 7. The van der Waals surface area contributed by atoms with Crippen molar-refractivity contribution < 1.29 is 32.2 Å². The third-order valence-electron chi connectivity index (χ3n) is 6.62. The Hall–Kier alpha value is -3.87. The predicted octanol–water partition coefficient (Wildman–Crippen LogP) is 2.95. The summed E-state index contributed by atoms with van der Waals surface area (Å²) in [4.78, 5) is 38.0. The van der Waals surface area contributed by atoms with Gasteiger partial charge in [0.15, 0.2) is 5.65 Å². The SMILES string of the molecule is CC(Nc1c(-c2ccc(OC(F)(F)F)cc2)nc2cnccn12)C(=O)N1CCN(C(=O)C2CCCO2)CC1. The molecule has 0 saturated carbocycles. The zero-order valence-electron chi connectivity index (χ0n) is 20.6. The highest BCUT2D eigenvalue weighted by atomic mass is 19.4. The number of nitrogens with one attached hydrogen (secondary N) is 1. The second-order valence-corrected chi connectivity index (χ2v) is 9.20. The fraction of sp³-hybridized carbons (Fsp3) is 0.440. The second-order valence-electron chi connectivity index (χ2n) is 9.20.